The minimum atomic E-state index is 0.224. The molecule has 0 aliphatic carbocycles. The average Bonchev–Trinajstić information content (AvgIpc) is 2.79. The minimum absolute atomic E-state index is 0.224. The molecule has 1 aliphatic rings. The molecular formula is C14H16BrNO. The number of halogens is 1. The van der Waals surface area contributed by atoms with Crippen LogP contribution in [0.15, 0.2) is 28.9 Å². The van der Waals surface area contributed by atoms with Crippen molar-refractivity contribution in [2.24, 2.45) is 0 Å². The molecule has 1 aromatic heterocycles. The van der Waals surface area contributed by atoms with Crippen molar-refractivity contribution >= 4 is 26.8 Å². The van der Waals surface area contributed by atoms with Gasteiger partial charge < -0.3 is 9.30 Å². The fraction of sp³-hybridized carbons (Fsp3) is 0.429. The molecule has 1 atom stereocenters. The van der Waals surface area contributed by atoms with E-state index in [4.69, 9.17) is 4.74 Å². The van der Waals surface area contributed by atoms with Crippen molar-refractivity contribution in [2.75, 3.05) is 6.61 Å². The van der Waals surface area contributed by atoms with E-state index in [0.29, 0.717) is 0 Å². The highest BCUT2D eigenvalue weighted by atomic mass is 79.9. The lowest BCUT2D eigenvalue weighted by Gasteiger charge is -2.24. The first-order valence-corrected chi connectivity index (χ1v) is 6.94. The van der Waals surface area contributed by atoms with Crippen LogP contribution in [0.4, 0.5) is 0 Å². The zero-order chi connectivity index (χ0) is 11.8. The molecule has 90 valence electrons. The van der Waals surface area contributed by atoms with Crippen molar-refractivity contribution in [1.29, 1.82) is 0 Å². The predicted octanol–water partition coefficient (Wildman–Crippen LogP) is 4.41. The first-order chi connectivity index (χ1) is 8.27. The molecule has 1 aromatic carbocycles. The van der Waals surface area contributed by atoms with Gasteiger partial charge in [-0.15, -0.1) is 0 Å². The Labute approximate surface area is 110 Å². The highest BCUT2D eigenvalue weighted by Crippen LogP contribution is 2.31. The molecule has 1 unspecified atom stereocenters. The number of hydrogen-bond donors (Lipinski definition) is 0. The first kappa shape index (κ1) is 11.3. The Bertz CT molecular complexity index is 540. The third-order valence-electron chi connectivity index (χ3n) is 3.57. The van der Waals surface area contributed by atoms with Crippen LogP contribution in [0, 0.1) is 6.92 Å². The van der Waals surface area contributed by atoms with Crippen LogP contribution in [0.5, 0.6) is 0 Å². The van der Waals surface area contributed by atoms with Gasteiger partial charge in [-0.3, -0.25) is 0 Å². The molecule has 1 aliphatic heterocycles. The monoisotopic (exact) mass is 293 g/mol. The molecule has 2 aromatic rings. The fourth-order valence-corrected chi connectivity index (χ4v) is 2.90. The van der Waals surface area contributed by atoms with Gasteiger partial charge in [0, 0.05) is 22.7 Å². The van der Waals surface area contributed by atoms with Crippen LogP contribution in [-0.4, -0.2) is 11.2 Å². The summed E-state index contributed by atoms with van der Waals surface area (Å²) in [5.41, 5.74) is 2.58. The third-order valence-corrected chi connectivity index (χ3v) is 4.43. The number of hydrogen-bond acceptors (Lipinski definition) is 1. The maximum absolute atomic E-state index is 5.85. The number of ether oxygens (including phenoxy) is 1. The molecule has 0 saturated carbocycles. The van der Waals surface area contributed by atoms with Gasteiger partial charge in [-0.25, -0.2) is 0 Å². The Morgan fingerprint density at radius 2 is 2.18 bits per heavy atom. The number of aromatic nitrogens is 1. The number of nitrogens with zero attached hydrogens (tertiary/aromatic N) is 1. The maximum Gasteiger partial charge on any atom is 0.133 e. The molecule has 2 heterocycles. The fourth-order valence-electron chi connectivity index (χ4n) is 2.55. The molecule has 1 saturated heterocycles. The van der Waals surface area contributed by atoms with Crippen LogP contribution >= 0.6 is 15.9 Å². The lowest BCUT2D eigenvalue weighted by Crippen LogP contribution is -2.17. The van der Waals surface area contributed by atoms with E-state index >= 15 is 0 Å². The van der Waals surface area contributed by atoms with Crippen LogP contribution in [0.2, 0.25) is 0 Å². The van der Waals surface area contributed by atoms with E-state index in [0.717, 1.165) is 13.0 Å². The second kappa shape index (κ2) is 4.46. The molecule has 0 amide bonds. The van der Waals surface area contributed by atoms with E-state index in [1.165, 1.54) is 33.8 Å². The predicted molar refractivity (Wildman–Crippen MR) is 73.2 cm³/mol. The zero-order valence-corrected chi connectivity index (χ0v) is 11.5. The summed E-state index contributed by atoms with van der Waals surface area (Å²) in [6, 6.07) is 6.48. The number of fused-ring (bicyclic) bond motifs is 1. The summed E-state index contributed by atoms with van der Waals surface area (Å²) >= 11 is 3.58. The van der Waals surface area contributed by atoms with Gasteiger partial charge in [-0.2, -0.15) is 0 Å². The first-order valence-electron chi connectivity index (χ1n) is 6.14. The van der Waals surface area contributed by atoms with E-state index in [-0.39, 0.29) is 6.23 Å². The average molecular weight is 294 g/mol. The zero-order valence-electron chi connectivity index (χ0n) is 9.95. The molecule has 0 radical (unpaired) electrons. The second-order valence-electron chi connectivity index (χ2n) is 4.65. The van der Waals surface area contributed by atoms with E-state index in [1.54, 1.807) is 0 Å². The minimum Gasteiger partial charge on any atom is -0.358 e. The van der Waals surface area contributed by atoms with Gasteiger partial charge in [0.15, 0.2) is 0 Å². The number of benzene rings is 1. The van der Waals surface area contributed by atoms with Gasteiger partial charge in [0.25, 0.3) is 0 Å². The van der Waals surface area contributed by atoms with Crippen LogP contribution in [0.25, 0.3) is 10.9 Å². The molecule has 0 spiro atoms. The summed E-state index contributed by atoms with van der Waals surface area (Å²) in [5.74, 6) is 0. The van der Waals surface area contributed by atoms with Crippen LogP contribution in [-0.2, 0) is 4.74 Å². The molecule has 0 N–H and O–H groups in total. The van der Waals surface area contributed by atoms with E-state index in [1.807, 2.05) is 0 Å². The molecule has 3 rings (SSSR count). The molecule has 17 heavy (non-hydrogen) atoms. The van der Waals surface area contributed by atoms with E-state index in [9.17, 15) is 0 Å². The SMILES string of the molecule is Cc1c(Br)ccc2c1ccn2C1CCCCO1. The normalized spacial score (nSPS) is 20.9. The molecular weight excluding hydrogens is 278 g/mol. The van der Waals surface area contributed by atoms with Gasteiger partial charge in [0.2, 0.25) is 0 Å². The van der Waals surface area contributed by atoms with Crippen molar-refractivity contribution in [3.8, 4) is 0 Å². The van der Waals surface area contributed by atoms with Crippen molar-refractivity contribution in [1.82, 2.24) is 4.57 Å². The van der Waals surface area contributed by atoms with Crippen molar-refractivity contribution in [3.05, 3.63) is 34.4 Å². The summed E-state index contributed by atoms with van der Waals surface area (Å²) < 4.78 is 9.30. The molecule has 3 heteroatoms. The maximum atomic E-state index is 5.85. The Balaban J connectivity index is 2.08. The van der Waals surface area contributed by atoms with Crippen molar-refractivity contribution in [2.45, 2.75) is 32.4 Å². The Hall–Kier alpha value is -0.800. The Morgan fingerprint density at radius 1 is 1.29 bits per heavy atom. The number of aryl methyl sites for hydroxylation is 1. The summed E-state index contributed by atoms with van der Waals surface area (Å²) in [7, 11) is 0. The Kier molecular flexibility index (Phi) is 2.97. The Morgan fingerprint density at radius 3 is 2.94 bits per heavy atom. The molecule has 0 bridgehead atoms. The lowest BCUT2D eigenvalue weighted by molar-refractivity contribution is -0.0291. The highest BCUT2D eigenvalue weighted by molar-refractivity contribution is 9.10. The number of rotatable bonds is 1. The van der Waals surface area contributed by atoms with Gasteiger partial charge in [0.05, 0.1) is 5.52 Å². The summed E-state index contributed by atoms with van der Waals surface area (Å²) in [6.45, 7) is 3.04. The lowest BCUT2D eigenvalue weighted by atomic mass is 10.1. The van der Waals surface area contributed by atoms with Crippen molar-refractivity contribution in [3.63, 3.8) is 0 Å². The van der Waals surface area contributed by atoms with E-state index < -0.39 is 0 Å². The van der Waals surface area contributed by atoms with Crippen LogP contribution in [0.1, 0.15) is 31.1 Å². The third kappa shape index (κ3) is 1.91. The van der Waals surface area contributed by atoms with Gasteiger partial charge in [0.1, 0.15) is 6.23 Å². The second-order valence-corrected chi connectivity index (χ2v) is 5.50. The topological polar surface area (TPSA) is 14.2 Å². The molecule has 2 nitrogen and oxygen atoms in total. The smallest absolute Gasteiger partial charge is 0.133 e. The van der Waals surface area contributed by atoms with Crippen LogP contribution < -0.4 is 0 Å². The highest BCUT2D eigenvalue weighted by Gasteiger charge is 2.17. The standard InChI is InChI=1S/C14H16BrNO/c1-10-11-7-8-16(13(11)6-5-12(10)15)14-4-2-3-9-17-14/h5-8,14H,2-4,9H2,1H3. The van der Waals surface area contributed by atoms with Gasteiger partial charge >= 0.3 is 0 Å². The molecule has 1 fully saturated rings. The largest absolute Gasteiger partial charge is 0.358 e. The van der Waals surface area contributed by atoms with Crippen LogP contribution in [0.3, 0.4) is 0 Å². The summed E-state index contributed by atoms with van der Waals surface area (Å²) in [4.78, 5) is 0. The van der Waals surface area contributed by atoms with Gasteiger partial charge in [-0.05, 0) is 49.9 Å². The quantitative estimate of drug-likeness (QED) is 0.760. The van der Waals surface area contributed by atoms with E-state index in [2.05, 4.69) is 51.8 Å². The van der Waals surface area contributed by atoms with Gasteiger partial charge in [-0.1, -0.05) is 15.9 Å². The summed E-state index contributed by atoms with van der Waals surface area (Å²) in [5, 5.41) is 1.31. The van der Waals surface area contributed by atoms with Crippen molar-refractivity contribution < 1.29 is 4.74 Å². The summed E-state index contributed by atoms with van der Waals surface area (Å²) in [6.07, 6.45) is 5.96.